The highest BCUT2D eigenvalue weighted by molar-refractivity contribution is 5.20. The molecule has 1 aliphatic rings. The molecule has 0 saturated carbocycles. The summed E-state index contributed by atoms with van der Waals surface area (Å²) in [6.07, 6.45) is 6.32. The molecule has 2 heterocycles. The summed E-state index contributed by atoms with van der Waals surface area (Å²) in [5, 5.41) is 7.75. The van der Waals surface area contributed by atoms with Gasteiger partial charge in [-0.1, -0.05) is 6.08 Å². The molecule has 1 N–H and O–H groups in total. The molecule has 2 rings (SSSR count). The molecule has 13 heavy (non-hydrogen) atoms. The number of rotatable bonds is 4. The molecule has 0 aromatic carbocycles. The van der Waals surface area contributed by atoms with E-state index in [0.29, 0.717) is 0 Å². The van der Waals surface area contributed by atoms with Crippen LogP contribution in [0, 0.1) is 0 Å². The van der Waals surface area contributed by atoms with Crippen molar-refractivity contribution < 1.29 is 0 Å². The number of nitrogens with one attached hydrogen (secondary N) is 1. The largest absolute Gasteiger partial charge is 0.307 e. The van der Waals surface area contributed by atoms with Gasteiger partial charge in [0.15, 0.2) is 0 Å². The zero-order valence-electron chi connectivity index (χ0n) is 7.79. The van der Waals surface area contributed by atoms with Crippen LogP contribution in [0.3, 0.4) is 0 Å². The minimum absolute atomic E-state index is 0.934. The molecular weight excluding hydrogens is 162 g/mol. The Morgan fingerprint density at radius 2 is 2.54 bits per heavy atom. The monoisotopic (exact) mass is 177 g/mol. The first-order valence-corrected chi connectivity index (χ1v) is 4.77. The van der Waals surface area contributed by atoms with E-state index in [-0.39, 0.29) is 0 Å². The molecule has 70 valence electrons. The fourth-order valence-corrected chi connectivity index (χ4v) is 1.63. The molecule has 3 nitrogen and oxygen atoms in total. The predicted octanol–water partition coefficient (Wildman–Crippen LogP) is 1.45. The molecule has 0 fully saturated rings. The van der Waals surface area contributed by atoms with Gasteiger partial charge in [-0.3, -0.25) is 4.68 Å². The molecule has 0 amide bonds. The molecule has 3 heteroatoms. The van der Waals surface area contributed by atoms with Crippen molar-refractivity contribution in [3.8, 4) is 0 Å². The summed E-state index contributed by atoms with van der Waals surface area (Å²) < 4.78 is 2.05. The van der Waals surface area contributed by atoms with Crippen LogP contribution in [-0.2, 0) is 19.6 Å². The Morgan fingerprint density at radius 1 is 1.62 bits per heavy atom. The molecule has 0 aliphatic carbocycles. The van der Waals surface area contributed by atoms with E-state index in [2.05, 4.69) is 27.9 Å². The average Bonchev–Trinajstić information content (AvgIpc) is 2.64. The lowest BCUT2D eigenvalue weighted by Crippen LogP contribution is -2.06. The lowest BCUT2D eigenvalue weighted by atomic mass is 10.3. The first-order valence-electron chi connectivity index (χ1n) is 4.77. The number of hydrogen-bond donors (Lipinski definition) is 1. The van der Waals surface area contributed by atoms with Crippen LogP contribution in [-0.4, -0.2) is 9.78 Å². The van der Waals surface area contributed by atoms with E-state index in [1.807, 2.05) is 6.08 Å². The maximum atomic E-state index is 4.48. The Balaban J connectivity index is 1.94. The van der Waals surface area contributed by atoms with Gasteiger partial charge in [-0.25, -0.2) is 0 Å². The molecule has 0 spiro atoms. The second-order valence-electron chi connectivity index (χ2n) is 3.40. The van der Waals surface area contributed by atoms with Crippen LogP contribution in [0.2, 0.25) is 0 Å². The number of fused-ring (bicyclic) bond motifs is 1. The van der Waals surface area contributed by atoms with Crippen molar-refractivity contribution in [3.63, 3.8) is 0 Å². The highest BCUT2D eigenvalue weighted by atomic mass is 15.3. The average molecular weight is 177 g/mol. The van der Waals surface area contributed by atoms with Crippen molar-refractivity contribution in [1.82, 2.24) is 15.1 Å². The maximum Gasteiger partial charge on any atom is 0.0807 e. The summed E-state index contributed by atoms with van der Waals surface area (Å²) in [7, 11) is 0. The number of hydrogen-bond acceptors (Lipinski definition) is 2. The van der Waals surface area contributed by atoms with Crippen LogP contribution in [0.5, 0.6) is 0 Å². The fourth-order valence-electron chi connectivity index (χ4n) is 1.63. The molecule has 0 bridgehead atoms. The van der Waals surface area contributed by atoms with Crippen LogP contribution < -0.4 is 5.32 Å². The van der Waals surface area contributed by atoms with E-state index < -0.39 is 0 Å². The third-order valence-corrected chi connectivity index (χ3v) is 2.33. The summed E-state index contributed by atoms with van der Waals surface area (Å²) in [5.41, 5.74) is 2.58. The molecule has 0 saturated heterocycles. The van der Waals surface area contributed by atoms with Gasteiger partial charge in [0.05, 0.1) is 5.69 Å². The zero-order chi connectivity index (χ0) is 9.10. The first-order chi connectivity index (χ1) is 6.40. The summed E-state index contributed by atoms with van der Waals surface area (Å²) in [6, 6.07) is 0. The van der Waals surface area contributed by atoms with Crippen molar-refractivity contribution in [2.45, 2.75) is 32.5 Å². The minimum Gasteiger partial charge on any atom is -0.307 e. The number of allylic oxidation sites excluding steroid dienone is 1. The lowest BCUT2D eigenvalue weighted by Gasteiger charge is -1.99. The standard InChI is InChI=1S/C10H15N3/c1-2-3-4-5-13-8-9-6-11-7-10(9)12-13/h2,8,11H,1,3-7H2. The van der Waals surface area contributed by atoms with Crippen molar-refractivity contribution in [2.24, 2.45) is 0 Å². The second-order valence-corrected chi connectivity index (χ2v) is 3.40. The van der Waals surface area contributed by atoms with Crippen LogP contribution >= 0.6 is 0 Å². The van der Waals surface area contributed by atoms with Gasteiger partial charge >= 0.3 is 0 Å². The van der Waals surface area contributed by atoms with E-state index in [1.54, 1.807) is 0 Å². The highest BCUT2D eigenvalue weighted by Crippen LogP contribution is 2.12. The van der Waals surface area contributed by atoms with Gasteiger partial charge in [-0.15, -0.1) is 6.58 Å². The van der Waals surface area contributed by atoms with E-state index in [1.165, 1.54) is 11.3 Å². The predicted molar refractivity (Wildman–Crippen MR) is 52.2 cm³/mol. The van der Waals surface area contributed by atoms with Crippen LogP contribution in [0.15, 0.2) is 18.9 Å². The third-order valence-electron chi connectivity index (χ3n) is 2.33. The topological polar surface area (TPSA) is 29.9 Å². The van der Waals surface area contributed by atoms with Crippen molar-refractivity contribution in [2.75, 3.05) is 0 Å². The Kier molecular flexibility index (Phi) is 2.45. The molecule has 0 radical (unpaired) electrons. The van der Waals surface area contributed by atoms with Crippen LogP contribution in [0.1, 0.15) is 24.1 Å². The van der Waals surface area contributed by atoms with Gasteiger partial charge in [0.25, 0.3) is 0 Å². The van der Waals surface area contributed by atoms with Gasteiger partial charge in [-0.05, 0) is 12.8 Å². The van der Waals surface area contributed by atoms with Crippen LogP contribution in [0.4, 0.5) is 0 Å². The second kappa shape index (κ2) is 3.75. The van der Waals surface area contributed by atoms with Crippen molar-refractivity contribution in [1.29, 1.82) is 0 Å². The fraction of sp³-hybridized carbons (Fsp3) is 0.500. The minimum atomic E-state index is 0.934. The Hall–Kier alpha value is -1.09. The number of unbranched alkanes of at least 4 members (excludes halogenated alkanes) is 1. The number of aromatic nitrogens is 2. The van der Waals surface area contributed by atoms with Gasteiger partial charge in [-0.2, -0.15) is 5.10 Å². The Labute approximate surface area is 78.4 Å². The van der Waals surface area contributed by atoms with Gasteiger partial charge in [0.1, 0.15) is 0 Å². The van der Waals surface area contributed by atoms with E-state index in [9.17, 15) is 0 Å². The van der Waals surface area contributed by atoms with Crippen molar-refractivity contribution in [3.05, 3.63) is 30.1 Å². The van der Waals surface area contributed by atoms with Gasteiger partial charge in [0, 0.05) is 31.4 Å². The number of aryl methyl sites for hydroxylation is 1. The molecule has 1 aromatic rings. The summed E-state index contributed by atoms with van der Waals surface area (Å²) >= 11 is 0. The van der Waals surface area contributed by atoms with Crippen molar-refractivity contribution >= 4 is 0 Å². The third kappa shape index (κ3) is 1.80. The SMILES string of the molecule is C=CCCCn1cc2c(n1)CNC2. The van der Waals surface area contributed by atoms with E-state index >= 15 is 0 Å². The smallest absolute Gasteiger partial charge is 0.0807 e. The maximum absolute atomic E-state index is 4.48. The molecule has 1 aromatic heterocycles. The molecule has 0 atom stereocenters. The Bertz CT molecular complexity index is 280. The van der Waals surface area contributed by atoms with Gasteiger partial charge < -0.3 is 5.32 Å². The zero-order valence-corrected chi connectivity index (χ0v) is 7.79. The molecular formula is C10H15N3. The summed E-state index contributed by atoms with van der Waals surface area (Å²) in [4.78, 5) is 0. The number of nitrogens with zero attached hydrogens (tertiary/aromatic N) is 2. The molecule has 1 aliphatic heterocycles. The quantitative estimate of drug-likeness (QED) is 0.557. The molecule has 0 unspecified atom stereocenters. The van der Waals surface area contributed by atoms with E-state index in [0.717, 1.165) is 32.5 Å². The normalized spacial score (nSPS) is 14.5. The van der Waals surface area contributed by atoms with E-state index in [4.69, 9.17) is 0 Å². The highest BCUT2D eigenvalue weighted by Gasteiger charge is 2.13. The van der Waals surface area contributed by atoms with Crippen LogP contribution in [0.25, 0.3) is 0 Å². The summed E-state index contributed by atoms with van der Waals surface area (Å²) in [6.45, 7) is 6.63. The lowest BCUT2D eigenvalue weighted by molar-refractivity contribution is 0.567. The van der Waals surface area contributed by atoms with Gasteiger partial charge in [0.2, 0.25) is 0 Å². The summed E-state index contributed by atoms with van der Waals surface area (Å²) in [5.74, 6) is 0. The first kappa shape index (κ1) is 8.51. The Morgan fingerprint density at radius 3 is 3.31 bits per heavy atom.